The minimum absolute atomic E-state index is 0.0115. The first-order chi connectivity index (χ1) is 15.6. The summed E-state index contributed by atoms with van der Waals surface area (Å²) in [7, 11) is 1.49. The first-order valence-corrected chi connectivity index (χ1v) is 10.4. The molecule has 6 rings (SSSR count). The number of aromatic amines is 1. The number of H-pyrrole nitrogens is 1. The summed E-state index contributed by atoms with van der Waals surface area (Å²) in [5, 5.41) is 3.30. The number of methoxy groups -OCH3 is 1. The summed E-state index contributed by atoms with van der Waals surface area (Å²) < 4.78 is 41.2. The van der Waals surface area contributed by atoms with Gasteiger partial charge in [-0.25, -0.2) is 13.8 Å². The van der Waals surface area contributed by atoms with Crippen LogP contribution in [0.5, 0.6) is 5.75 Å². The van der Waals surface area contributed by atoms with Gasteiger partial charge in [0, 0.05) is 25.0 Å². The maximum atomic E-state index is 15.1. The van der Waals surface area contributed by atoms with Gasteiger partial charge in [0.25, 0.3) is 0 Å². The Morgan fingerprint density at radius 3 is 2.91 bits per heavy atom. The van der Waals surface area contributed by atoms with E-state index in [9.17, 15) is 4.39 Å². The highest BCUT2D eigenvalue weighted by Crippen LogP contribution is 2.62. The highest BCUT2D eigenvalue weighted by atomic mass is 19.1. The average Bonchev–Trinajstić information content (AvgIpc) is 3.07. The van der Waals surface area contributed by atoms with Gasteiger partial charge in [0.2, 0.25) is 0 Å². The zero-order valence-electron chi connectivity index (χ0n) is 17.2. The van der Waals surface area contributed by atoms with Crippen molar-refractivity contribution in [1.82, 2.24) is 15.3 Å². The van der Waals surface area contributed by atoms with E-state index in [1.807, 2.05) is 36.5 Å². The summed E-state index contributed by atoms with van der Waals surface area (Å²) in [6.45, 7) is -0.0115. The standard InChI is InChI=1S/C24H20F2N4O2/c1-31-21(14-11-28-23-22-24(14,23)7-4-8-27-22)13-9-16(26)19(10-15(13)25)32-12-20-29-17-5-2-3-6-18(17)30-20/h2-11,21-23,28H,12H2,1H3,(H,29,30)/t21?,22?,23?,24-/m0/s1. The van der Waals surface area contributed by atoms with Gasteiger partial charge >= 0.3 is 0 Å². The molecule has 0 radical (unpaired) electrons. The van der Waals surface area contributed by atoms with Gasteiger partial charge in [-0.3, -0.25) is 4.99 Å². The molecule has 2 aromatic carbocycles. The normalized spacial score (nSPS) is 25.8. The van der Waals surface area contributed by atoms with E-state index in [1.165, 1.54) is 7.11 Å². The molecule has 8 heteroatoms. The number of nitrogens with zero attached hydrogens (tertiary/aromatic N) is 2. The van der Waals surface area contributed by atoms with Crippen molar-refractivity contribution in [3.63, 3.8) is 0 Å². The van der Waals surface area contributed by atoms with Crippen molar-refractivity contribution in [1.29, 1.82) is 0 Å². The van der Waals surface area contributed by atoms with Gasteiger partial charge < -0.3 is 19.8 Å². The predicted octanol–water partition coefficient (Wildman–Crippen LogP) is 3.97. The minimum atomic E-state index is -0.741. The van der Waals surface area contributed by atoms with Gasteiger partial charge in [0.15, 0.2) is 11.6 Å². The monoisotopic (exact) mass is 434 g/mol. The third-order valence-corrected chi connectivity index (χ3v) is 6.49. The third kappa shape index (κ3) is 2.72. The molecule has 1 fully saturated rings. The number of allylic oxidation sites excluding steroid dienone is 1. The van der Waals surface area contributed by atoms with E-state index in [0.717, 1.165) is 28.7 Å². The fourth-order valence-corrected chi connectivity index (χ4v) is 4.92. The maximum absolute atomic E-state index is 15.1. The minimum Gasteiger partial charge on any atom is -0.483 e. The summed E-state index contributed by atoms with van der Waals surface area (Å²) >= 11 is 0. The molecule has 0 bridgehead atoms. The van der Waals surface area contributed by atoms with E-state index in [2.05, 4.69) is 26.4 Å². The topological polar surface area (TPSA) is 71.5 Å². The van der Waals surface area contributed by atoms with Gasteiger partial charge in [-0.05, 0) is 36.0 Å². The summed E-state index contributed by atoms with van der Waals surface area (Å²) in [4.78, 5) is 12.0. The molecule has 0 amide bonds. The second-order valence-electron chi connectivity index (χ2n) is 8.19. The Labute approximate surface area is 182 Å². The molecule has 0 saturated heterocycles. The second-order valence-corrected chi connectivity index (χ2v) is 8.19. The fraction of sp³-hybridized carbons (Fsp3) is 0.250. The van der Waals surface area contributed by atoms with Crippen molar-refractivity contribution >= 4 is 17.2 Å². The lowest BCUT2D eigenvalue weighted by Gasteiger charge is -2.25. The molecular formula is C24H20F2N4O2. The molecule has 2 N–H and O–H groups in total. The summed E-state index contributed by atoms with van der Waals surface area (Å²) in [5.41, 5.74) is 2.27. The Morgan fingerprint density at radius 2 is 2.06 bits per heavy atom. The number of halogens is 2. The van der Waals surface area contributed by atoms with Crippen LogP contribution in [-0.4, -0.2) is 35.4 Å². The van der Waals surface area contributed by atoms with Crippen LogP contribution < -0.4 is 10.1 Å². The number of hydrogen-bond donors (Lipinski definition) is 2. The number of imidazole rings is 1. The lowest BCUT2D eigenvalue weighted by molar-refractivity contribution is 0.121. The van der Waals surface area contributed by atoms with Crippen LogP contribution >= 0.6 is 0 Å². The number of hydrogen-bond acceptors (Lipinski definition) is 5. The van der Waals surface area contributed by atoms with Crippen LogP contribution in [0.4, 0.5) is 8.78 Å². The zero-order chi connectivity index (χ0) is 21.9. The molecule has 3 unspecified atom stereocenters. The van der Waals surface area contributed by atoms with Crippen LogP contribution in [0.25, 0.3) is 11.0 Å². The van der Waals surface area contributed by atoms with Gasteiger partial charge in [-0.1, -0.05) is 18.2 Å². The van der Waals surface area contributed by atoms with Crippen molar-refractivity contribution in [2.75, 3.05) is 7.11 Å². The molecule has 3 heterocycles. The first kappa shape index (κ1) is 19.2. The lowest BCUT2D eigenvalue weighted by atomic mass is 9.87. The van der Waals surface area contributed by atoms with Crippen molar-refractivity contribution < 1.29 is 18.3 Å². The number of rotatable bonds is 6. The summed E-state index contributed by atoms with van der Waals surface area (Å²) in [5.74, 6) is -0.909. The number of benzene rings is 2. The Hall–Kier alpha value is -3.52. The zero-order valence-corrected chi connectivity index (χ0v) is 17.2. The molecule has 32 heavy (non-hydrogen) atoms. The number of fused-ring (bicyclic) bond motifs is 2. The molecule has 3 aliphatic rings. The van der Waals surface area contributed by atoms with Crippen LogP contribution in [0.1, 0.15) is 17.5 Å². The molecule has 2 aliphatic heterocycles. The molecule has 3 aromatic rings. The fourth-order valence-electron chi connectivity index (χ4n) is 4.92. The summed E-state index contributed by atoms with van der Waals surface area (Å²) in [6, 6.07) is 9.93. The maximum Gasteiger partial charge on any atom is 0.165 e. The van der Waals surface area contributed by atoms with Crippen LogP contribution in [0.2, 0.25) is 0 Å². The highest BCUT2D eigenvalue weighted by molar-refractivity contribution is 5.76. The van der Waals surface area contributed by atoms with Gasteiger partial charge in [-0.15, -0.1) is 0 Å². The average molecular weight is 434 g/mol. The van der Waals surface area contributed by atoms with E-state index in [1.54, 1.807) is 6.21 Å². The third-order valence-electron chi connectivity index (χ3n) is 6.49. The van der Waals surface area contributed by atoms with Crippen molar-refractivity contribution in [2.24, 2.45) is 10.4 Å². The molecule has 1 spiro atoms. The van der Waals surface area contributed by atoms with Gasteiger partial charge in [0.1, 0.15) is 24.4 Å². The Balaban J connectivity index is 1.25. The largest absolute Gasteiger partial charge is 0.483 e. The second kappa shape index (κ2) is 7.00. The van der Waals surface area contributed by atoms with E-state index < -0.39 is 17.7 Å². The van der Waals surface area contributed by atoms with Crippen LogP contribution in [-0.2, 0) is 11.3 Å². The predicted molar refractivity (Wildman–Crippen MR) is 115 cm³/mol. The van der Waals surface area contributed by atoms with E-state index >= 15 is 4.39 Å². The number of aliphatic imine (C=N–C) groups is 1. The molecular weight excluding hydrogens is 414 g/mol. The number of nitrogens with one attached hydrogen (secondary N) is 2. The van der Waals surface area contributed by atoms with E-state index in [0.29, 0.717) is 5.82 Å². The SMILES string of the molecule is COC(C1=CNC2C3N=CC=C[C@]132)c1cc(F)c(OCc2nc3ccccc3[nH]2)cc1F. The lowest BCUT2D eigenvalue weighted by Crippen LogP contribution is -2.18. The highest BCUT2D eigenvalue weighted by Gasteiger charge is 2.70. The summed E-state index contributed by atoms with van der Waals surface area (Å²) in [6.07, 6.45) is 6.81. The van der Waals surface area contributed by atoms with Gasteiger partial charge in [-0.2, -0.15) is 0 Å². The Morgan fingerprint density at radius 1 is 1.19 bits per heavy atom. The molecule has 4 atom stereocenters. The first-order valence-electron chi connectivity index (χ1n) is 10.4. The Kier molecular flexibility index (Phi) is 4.19. The van der Waals surface area contributed by atoms with Crippen molar-refractivity contribution in [2.45, 2.75) is 24.8 Å². The molecule has 1 aliphatic carbocycles. The van der Waals surface area contributed by atoms with Crippen molar-refractivity contribution in [3.05, 3.63) is 83.3 Å². The van der Waals surface area contributed by atoms with Gasteiger partial charge in [0.05, 0.1) is 28.5 Å². The van der Waals surface area contributed by atoms with E-state index in [4.69, 9.17) is 9.47 Å². The molecule has 1 aromatic heterocycles. The number of dihydropyridines is 1. The quantitative estimate of drug-likeness (QED) is 0.616. The van der Waals surface area contributed by atoms with Crippen LogP contribution in [0, 0.1) is 17.0 Å². The smallest absolute Gasteiger partial charge is 0.165 e. The molecule has 1 saturated carbocycles. The van der Waals surface area contributed by atoms with Crippen LogP contribution in [0.15, 0.2) is 65.3 Å². The molecule has 6 nitrogen and oxygen atoms in total. The number of ether oxygens (including phenoxy) is 2. The van der Waals surface area contributed by atoms with Crippen LogP contribution in [0.3, 0.4) is 0 Å². The van der Waals surface area contributed by atoms with E-state index in [-0.39, 0.29) is 35.4 Å². The number of para-hydroxylation sites is 2. The van der Waals surface area contributed by atoms with Crippen molar-refractivity contribution in [3.8, 4) is 5.75 Å². The molecule has 162 valence electrons. The number of aromatic nitrogens is 2. The Bertz CT molecular complexity index is 1280.